The van der Waals surface area contributed by atoms with Crippen LogP contribution in [0, 0.1) is 0 Å². The third-order valence-corrected chi connectivity index (χ3v) is 4.63. The second kappa shape index (κ2) is 6.22. The quantitative estimate of drug-likeness (QED) is 0.927. The van der Waals surface area contributed by atoms with Crippen LogP contribution in [0.25, 0.3) is 0 Å². The number of ether oxygens (including phenoxy) is 1. The van der Waals surface area contributed by atoms with Crippen LogP contribution in [0.15, 0.2) is 43.0 Å². The van der Waals surface area contributed by atoms with Crippen molar-refractivity contribution >= 4 is 5.95 Å². The van der Waals surface area contributed by atoms with Gasteiger partial charge in [0.2, 0.25) is 5.95 Å². The molecule has 23 heavy (non-hydrogen) atoms. The normalized spacial score (nSPS) is 27.6. The Kier molecular flexibility index (Phi) is 3.93. The third-order valence-electron chi connectivity index (χ3n) is 4.63. The van der Waals surface area contributed by atoms with E-state index in [-0.39, 0.29) is 11.6 Å². The molecule has 4 heterocycles. The standard InChI is InChI=1S/C17H21N5O/c1-3-14(10-18-5-1)11-22-8-4-17(13-22)9-15(12-23-17)21-16-19-6-2-7-20-16/h1-3,5-7,10,15H,4,8-9,11-13H2,(H,19,20,21)/t15-,17+/m0/s1. The zero-order valence-electron chi connectivity index (χ0n) is 13.1. The molecule has 2 aromatic heterocycles. The van der Waals surface area contributed by atoms with Gasteiger partial charge in [-0.15, -0.1) is 0 Å². The monoisotopic (exact) mass is 311 g/mol. The van der Waals surface area contributed by atoms with Crippen LogP contribution in [-0.4, -0.2) is 51.2 Å². The Labute approximate surface area is 135 Å². The highest BCUT2D eigenvalue weighted by atomic mass is 16.5. The van der Waals surface area contributed by atoms with Crippen molar-refractivity contribution in [2.24, 2.45) is 0 Å². The van der Waals surface area contributed by atoms with Crippen molar-refractivity contribution in [1.29, 1.82) is 0 Å². The highest BCUT2D eigenvalue weighted by Crippen LogP contribution is 2.36. The summed E-state index contributed by atoms with van der Waals surface area (Å²) in [6.07, 6.45) is 9.36. The van der Waals surface area contributed by atoms with Crippen LogP contribution in [0.2, 0.25) is 0 Å². The van der Waals surface area contributed by atoms with E-state index in [1.54, 1.807) is 12.4 Å². The Morgan fingerprint density at radius 2 is 2.17 bits per heavy atom. The molecule has 6 nitrogen and oxygen atoms in total. The maximum Gasteiger partial charge on any atom is 0.222 e. The SMILES string of the molecule is c1cnc(N[C@@H]2CO[C@]3(CCN(Cc4cccnc4)C3)C2)nc1. The average Bonchev–Trinajstić information content (AvgIpc) is 3.16. The van der Waals surface area contributed by atoms with Gasteiger partial charge in [-0.1, -0.05) is 6.07 Å². The van der Waals surface area contributed by atoms with Gasteiger partial charge in [0.1, 0.15) is 0 Å². The number of hydrogen-bond donors (Lipinski definition) is 1. The highest BCUT2D eigenvalue weighted by Gasteiger charge is 2.45. The van der Waals surface area contributed by atoms with Crippen LogP contribution in [0.1, 0.15) is 18.4 Å². The molecule has 0 saturated carbocycles. The first-order chi connectivity index (χ1) is 11.3. The summed E-state index contributed by atoms with van der Waals surface area (Å²) < 4.78 is 6.18. The van der Waals surface area contributed by atoms with E-state index in [0.29, 0.717) is 5.95 Å². The average molecular weight is 311 g/mol. The highest BCUT2D eigenvalue weighted by molar-refractivity contribution is 5.25. The molecule has 2 aliphatic heterocycles. The molecular weight excluding hydrogens is 290 g/mol. The van der Waals surface area contributed by atoms with Crippen LogP contribution in [0.5, 0.6) is 0 Å². The number of nitrogens with zero attached hydrogens (tertiary/aromatic N) is 4. The molecule has 2 aromatic rings. The number of nitrogens with one attached hydrogen (secondary N) is 1. The molecule has 0 bridgehead atoms. The van der Waals surface area contributed by atoms with Crippen molar-refractivity contribution in [1.82, 2.24) is 19.9 Å². The Balaban J connectivity index is 1.34. The fourth-order valence-corrected chi connectivity index (χ4v) is 3.59. The zero-order valence-corrected chi connectivity index (χ0v) is 13.1. The molecule has 2 fully saturated rings. The second-order valence-electron chi connectivity index (χ2n) is 6.43. The van der Waals surface area contributed by atoms with Gasteiger partial charge in [-0.25, -0.2) is 9.97 Å². The van der Waals surface area contributed by atoms with Crippen molar-refractivity contribution in [2.45, 2.75) is 31.0 Å². The van der Waals surface area contributed by atoms with Gasteiger partial charge in [-0.2, -0.15) is 0 Å². The molecule has 2 aliphatic rings. The molecule has 120 valence electrons. The Morgan fingerprint density at radius 3 is 3.00 bits per heavy atom. The van der Waals surface area contributed by atoms with E-state index < -0.39 is 0 Å². The van der Waals surface area contributed by atoms with Crippen LogP contribution in [-0.2, 0) is 11.3 Å². The second-order valence-corrected chi connectivity index (χ2v) is 6.43. The summed E-state index contributed by atoms with van der Waals surface area (Å²) in [6, 6.07) is 6.23. The summed E-state index contributed by atoms with van der Waals surface area (Å²) >= 11 is 0. The van der Waals surface area contributed by atoms with Gasteiger partial charge in [-0.3, -0.25) is 9.88 Å². The van der Waals surface area contributed by atoms with Gasteiger partial charge in [-0.05, 0) is 24.1 Å². The summed E-state index contributed by atoms with van der Waals surface area (Å²) in [4.78, 5) is 15.1. The van der Waals surface area contributed by atoms with E-state index in [9.17, 15) is 0 Å². The zero-order chi connectivity index (χ0) is 15.5. The number of rotatable bonds is 4. The minimum atomic E-state index is -0.0192. The molecule has 0 aliphatic carbocycles. The fourth-order valence-electron chi connectivity index (χ4n) is 3.59. The molecule has 2 saturated heterocycles. The molecule has 1 N–H and O–H groups in total. The van der Waals surface area contributed by atoms with Crippen molar-refractivity contribution in [3.05, 3.63) is 48.5 Å². The summed E-state index contributed by atoms with van der Waals surface area (Å²) in [5.41, 5.74) is 1.24. The maximum atomic E-state index is 6.18. The van der Waals surface area contributed by atoms with Crippen molar-refractivity contribution < 1.29 is 4.74 Å². The lowest BCUT2D eigenvalue weighted by Gasteiger charge is -2.23. The van der Waals surface area contributed by atoms with Gasteiger partial charge in [0.15, 0.2) is 0 Å². The van der Waals surface area contributed by atoms with Crippen molar-refractivity contribution in [3.8, 4) is 0 Å². The molecule has 0 unspecified atom stereocenters. The minimum absolute atomic E-state index is 0.0192. The topological polar surface area (TPSA) is 63.2 Å². The summed E-state index contributed by atoms with van der Waals surface area (Å²) in [6.45, 7) is 3.72. The molecule has 0 aromatic carbocycles. The number of pyridine rings is 1. The maximum absolute atomic E-state index is 6.18. The molecule has 0 radical (unpaired) electrons. The lowest BCUT2D eigenvalue weighted by molar-refractivity contribution is 0.0120. The number of hydrogen-bond acceptors (Lipinski definition) is 6. The van der Waals surface area contributed by atoms with Crippen LogP contribution in [0.3, 0.4) is 0 Å². The van der Waals surface area contributed by atoms with E-state index in [1.165, 1.54) is 5.56 Å². The van der Waals surface area contributed by atoms with E-state index in [2.05, 4.69) is 31.2 Å². The first-order valence-corrected chi connectivity index (χ1v) is 8.10. The molecular formula is C17H21N5O. The molecule has 6 heteroatoms. The number of aromatic nitrogens is 3. The van der Waals surface area contributed by atoms with Gasteiger partial charge >= 0.3 is 0 Å². The van der Waals surface area contributed by atoms with Crippen LogP contribution >= 0.6 is 0 Å². The van der Waals surface area contributed by atoms with E-state index in [4.69, 9.17) is 4.74 Å². The Hall–Kier alpha value is -2.05. The van der Waals surface area contributed by atoms with E-state index in [1.807, 2.05) is 24.5 Å². The minimum Gasteiger partial charge on any atom is -0.371 e. The fraction of sp³-hybridized carbons (Fsp3) is 0.471. The van der Waals surface area contributed by atoms with Crippen LogP contribution in [0.4, 0.5) is 5.95 Å². The number of likely N-dealkylation sites (tertiary alicyclic amines) is 1. The number of anilines is 1. The third kappa shape index (κ3) is 3.33. The summed E-state index contributed by atoms with van der Waals surface area (Å²) in [5, 5.41) is 3.38. The molecule has 4 rings (SSSR count). The lowest BCUT2D eigenvalue weighted by atomic mass is 9.97. The first kappa shape index (κ1) is 14.5. The van der Waals surface area contributed by atoms with E-state index in [0.717, 1.165) is 39.1 Å². The molecule has 2 atom stereocenters. The van der Waals surface area contributed by atoms with E-state index >= 15 is 0 Å². The van der Waals surface area contributed by atoms with Crippen molar-refractivity contribution in [2.75, 3.05) is 25.0 Å². The van der Waals surface area contributed by atoms with Gasteiger partial charge in [0.05, 0.1) is 18.2 Å². The predicted molar refractivity (Wildman–Crippen MR) is 86.9 cm³/mol. The van der Waals surface area contributed by atoms with Gasteiger partial charge < -0.3 is 10.1 Å². The largest absolute Gasteiger partial charge is 0.371 e. The Morgan fingerprint density at radius 1 is 1.26 bits per heavy atom. The smallest absolute Gasteiger partial charge is 0.222 e. The molecule has 0 amide bonds. The molecule has 1 spiro atoms. The summed E-state index contributed by atoms with van der Waals surface area (Å²) in [5.74, 6) is 0.684. The van der Waals surface area contributed by atoms with Crippen molar-refractivity contribution in [3.63, 3.8) is 0 Å². The predicted octanol–water partition coefficient (Wildman–Crippen LogP) is 1.72. The summed E-state index contributed by atoms with van der Waals surface area (Å²) in [7, 11) is 0. The first-order valence-electron chi connectivity index (χ1n) is 8.10. The van der Waals surface area contributed by atoms with Gasteiger partial charge in [0, 0.05) is 50.8 Å². The lowest BCUT2D eigenvalue weighted by Crippen LogP contribution is -2.33. The van der Waals surface area contributed by atoms with Gasteiger partial charge in [0.25, 0.3) is 0 Å². The van der Waals surface area contributed by atoms with Crippen LogP contribution < -0.4 is 5.32 Å². The Bertz CT molecular complexity index is 578.